The summed E-state index contributed by atoms with van der Waals surface area (Å²) >= 11 is 0. The predicted molar refractivity (Wildman–Crippen MR) is 53.8 cm³/mol. The van der Waals surface area contributed by atoms with Crippen molar-refractivity contribution in [3.8, 4) is 0 Å². The van der Waals surface area contributed by atoms with Crippen LogP contribution in [0.2, 0.25) is 0 Å². The van der Waals surface area contributed by atoms with Gasteiger partial charge < -0.3 is 4.74 Å². The van der Waals surface area contributed by atoms with E-state index in [1.54, 1.807) is 0 Å². The molecule has 1 heterocycles. The Morgan fingerprint density at radius 2 is 2.14 bits per heavy atom. The van der Waals surface area contributed by atoms with E-state index in [9.17, 15) is 0 Å². The molecule has 0 amide bonds. The quantitative estimate of drug-likeness (QED) is 0.379. The van der Waals surface area contributed by atoms with E-state index in [0.717, 1.165) is 12.8 Å². The van der Waals surface area contributed by atoms with Gasteiger partial charge in [0.2, 0.25) is 0 Å². The second-order valence-electron chi connectivity index (χ2n) is 4.83. The van der Waals surface area contributed by atoms with Crippen molar-refractivity contribution < 1.29 is 4.74 Å². The van der Waals surface area contributed by atoms with E-state index in [-0.39, 0.29) is 12.1 Å². The minimum atomic E-state index is 0.0404. The topological polar surface area (TPSA) is 58.0 Å². The highest BCUT2D eigenvalue weighted by atomic mass is 16.5. The number of nitrogens with zero attached hydrogens (tertiary/aromatic N) is 3. The Hall–Kier alpha value is -0.730. The normalized spacial score (nSPS) is 40.0. The van der Waals surface area contributed by atoms with Crippen molar-refractivity contribution in [3.63, 3.8) is 0 Å². The van der Waals surface area contributed by atoms with Gasteiger partial charge in [-0.05, 0) is 43.6 Å². The number of ether oxygens (including phenoxy) is 1. The molecule has 1 saturated carbocycles. The summed E-state index contributed by atoms with van der Waals surface area (Å²) in [5.41, 5.74) is 8.80. The van der Waals surface area contributed by atoms with Crippen LogP contribution in [0, 0.1) is 5.41 Å². The van der Waals surface area contributed by atoms with E-state index in [4.69, 9.17) is 10.3 Å². The molecule has 0 spiro atoms. The minimum absolute atomic E-state index is 0.0404. The highest BCUT2D eigenvalue weighted by Gasteiger charge is 2.47. The Morgan fingerprint density at radius 3 is 2.64 bits per heavy atom. The molecule has 2 rings (SSSR count). The fourth-order valence-corrected chi connectivity index (χ4v) is 2.22. The highest BCUT2D eigenvalue weighted by Crippen LogP contribution is 2.52. The molecule has 78 valence electrons. The molecule has 4 heteroatoms. The number of rotatable bonds is 2. The fourth-order valence-electron chi connectivity index (χ4n) is 2.22. The SMILES string of the molecule is CC1OC(C2(C)CC2)CCC1N=[N+]=[N-]. The molecule has 3 atom stereocenters. The van der Waals surface area contributed by atoms with Crippen LogP contribution in [0.5, 0.6) is 0 Å². The van der Waals surface area contributed by atoms with Gasteiger partial charge in [0.1, 0.15) is 0 Å². The van der Waals surface area contributed by atoms with E-state index in [1.165, 1.54) is 12.8 Å². The Bertz CT molecular complexity index is 269. The largest absolute Gasteiger partial charge is 0.374 e. The van der Waals surface area contributed by atoms with E-state index >= 15 is 0 Å². The van der Waals surface area contributed by atoms with Crippen LogP contribution >= 0.6 is 0 Å². The van der Waals surface area contributed by atoms with Crippen LogP contribution < -0.4 is 0 Å². The molecule has 0 aromatic heterocycles. The maximum Gasteiger partial charge on any atom is 0.0635 e. The third kappa shape index (κ3) is 1.72. The summed E-state index contributed by atoms with van der Waals surface area (Å²) < 4.78 is 5.91. The Kier molecular flexibility index (Phi) is 2.41. The van der Waals surface area contributed by atoms with Gasteiger partial charge in [-0.3, -0.25) is 0 Å². The Morgan fingerprint density at radius 1 is 1.43 bits per heavy atom. The van der Waals surface area contributed by atoms with Crippen molar-refractivity contribution in [2.45, 2.75) is 57.8 Å². The summed E-state index contributed by atoms with van der Waals surface area (Å²) in [5.74, 6) is 0. The number of hydrogen-bond donors (Lipinski definition) is 0. The summed E-state index contributed by atoms with van der Waals surface area (Å²) in [4.78, 5) is 2.86. The average Bonchev–Trinajstić information content (AvgIpc) is 2.89. The van der Waals surface area contributed by atoms with Gasteiger partial charge in [-0.15, -0.1) is 0 Å². The van der Waals surface area contributed by atoms with Crippen LogP contribution in [-0.2, 0) is 4.74 Å². The second-order valence-corrected chi connectivity index (χ2v) is 4.83. The molecule has 0 aromatic rings. The van der Waals surface area contributed by atoms with Crippen LogP contribution in [-0.4, -0.2) is 18.2 Å². The molecule has 3 unspecified atom stereocenters. The molecule has 2 aliphatic rings. The lowest BCUT2D eigenvalue weighted by Crippen LogP contribution is -2.39. The third-order valence-electron chi connectivity index (χ3n) is 3.66. The summed E-state index contributed by atoms with van der Waals surface area (Å²) in [5, 5.41) is 3.76. The zero-order chi connectivity index (χ0) is 10.2. The molecule has 4 nitrogen and oxygen atoms in total. The summed E-state index contributed by atoms with van der Waals surface area (Å²) in [6.07, 6.45) is 5.08. The summed E-state index contributed by atoms with van der Waals surface area (Å²) in [6.45, 7) is 4.30. The van der Waals surface area contributed by atoms with Gasteiger partial charge in [-0.1, -0.05) is 12.0 Å². The van der Waals surface area contributed by atoms with Crippen molar-refractivity contribution in [1.82, 2.24) is 0 Å². The second kappa shape index (κ2) is 3.44. The van der Waals surface area contributed by atoms with Crippen LogP contribution in [0.3, 0.4) is 0 Å². The molecular weight excluding hydrogens is 178 g/mol. The molecule has 14 heavy (non-hydrogen) atoms. The van der Waals surface area contributed by atoms with Crippen LogP contribution in [0.4, 0.5) is 0 Å². The monoisotopic (exact) mass is 195 g/mol. The molecule has 0 aromatic carbocycles. The van der Waals surface area contributed by atoms with Crippen molar-refractivity contribution in [2.75, 3.05) is 0 Å². The molecule has 1 aliphatic heterocycles. The molecule has 1 saturated heterocycles. The zero-order valence-corrected chi connectivity index (χ0v) is 8.81. The fraction of sp³-hybridized carbons (Fsp3) is 1.00. The van der Waals surface area contributed by atoms with Crippen molar-refractivity contribution >= 4 is 0 Å². The third-order valence-corrected chi connectivity index (χ3v) is 3.66. The lowest BCUT2D eigenvalue weighted by atomic mass is 9.91. The van der Waals surface area contributed by atoms with Crippen molar-refractivity contribution in [1.29, 1.82) is 0 Å². The minimum Gasteiger partial charge on any atom is -0.374 e. The predicted octanol–water partition coefficient (Wildman–Crippen LogP) is 3.03. The standard InChI is InChI=1S/C10H17N3O/c1-7-8(12-13-11)3-4-9(14-7)10(2)5-6-10/h7-9H,3-6H2,1-2H3. The van der Waals surface area contributed by atoms with Gasteiger partial charge in [0, 0.05) is 4.91 Å². The van der Waals surface area contributed by atoms with Gasteiger partial charge >= 0.3 is 0 Å². The number of hydrogen-bond acceptors (Lipinski definition) is 2. The first-order valence-corrected chi connectivity index (χ1v) is 5.35. The maximum absolute atomic E-state index is 8.38. The molecule has 0 N–H and O–H groups in total. The molecule has 2 fully saturated rings. The van der Waals surface area contributed by atoms with Gasteiger partial charge in [-0.25, -0.2) is 0 Å². The van der Waals surface area contributed by atoms with E-state index in [1.807, 2.05) is 6.92 Å². The first kappa shape index (κ1) is 9.81. The molecule has 0 radical (unpaired) electrons. The van der Waals surface area contributed by atoms with E-state index in [0.29, 0.717) is 11.5 Å². The lowest BCUT2D eigenvalue weighted by Gasteiger charge is -2.35. The van der Waals surface area contributed by atoms with Gasteiger partial charge in [0.05, 0.1) is 18.2 Å². The lowest BCUT2D eigenvalue weighted by molar-refractivity contribution is -0.0818. The molecular formula is C10H17N3O. The summed E-state index contributed by atoms with van der Waals surface area (Å²) in [7, 11) is 0. The van der Waals surface area contributed by atoms with Gasteiger partial charge in [0.25, 0.3) is 0 Å². The average molecular weight is 195 g/mol. The highest BCUT2D eigenvalue weighted by molar-refractivity contribution is 4.98. The molecule has 1 aliphatic carbocycles. The number of azide groups is 1. The Labute approximate surface area is 84.3 Å². The summed E-state index contributed by atoms with van der Waals surface area (Å²) in [6, 6.07) is 0.0404. The first-order valence-electron chi connectivity index (χ1n) is 5.35. The van der Waals surface area contributed by atoms with Crippen molar-refractivity contribution in [2.24, 2.45) is 10.5 Å². The first-order chi connectivity index (χ1) is 6.65. The zero-order valence-electron chi connectivity index (χ0n) is 8.81. The van der Waals surface area contributed by atoms with E-state index < -0.39 is 0 Å². The molecule has 0 bridgehead atoms. The van der Waals surface area contributed by atoms with Gasteiger partial charge in [-0.2, -0.15) is 0 Å². The van der Waals surface area contributed by atoms with Crippen LogP contribution in [0.15, 0.2) is 5.11 Å². The smallest absolute Gasteiger partial charge is 0.0635 e. The van der Waals surface area contributed by atoms with Crippen molar-refractivity contribution in [3.05, 3.63) is 10.4 Å². The van der Waals surface area contributed by atoms with Gasteiger partial charge in [0.15, 0.2) is 0 Å². The van der Waals surface area contributed by atoms with E-state index in [2.05, 4.69) is 16.9 Å². The van der Waals surface area contributed by atoms with Crippen LogP contribution in [0.1, 0.15) is 39.5 Å². The van der Waals surface area contributed by atoms with Crippen LogP contribution in [0.25, 0.3) is 10.4 Å². The maximum atomic E-state index is 8.38. The Balaban J connectivity index is 1.95.